The first-order chi connectivity index (χ1) is 20.0. The number of esters is 1. The number of nitrogens with zero attached hydrogens (tertiary/aromatic N) is 3. The summed E-state index contributed by atoms with van der Waals surface area (Å²) in [6, 6.07) is 16.6. The highest BCUT2D eigenvalue weighted by molar-refractivity contribution is 7.07. The van der Waals surface area contributed by atoms with E-state index in [2.05, 4.69) is 11.9 Å². The minimum Gasteiger partial charge on any atom is -0.463 e. The third-order valence-electron chi connectivity index (χ3n) is 7.44. The average Bonchev–Trinajstić information content (AvgIpc) is 3.44. The lowest BCUT2D eigenvalue weighted by atomic mass is 10.0. The van der Waals surface area contributed by atoms with Crippen LogP contribution in [0, 0.1) is 0 Å². The summed E-state index contributed by atoms with van der Waals surface area (Å²) < 4.78 is 7.23. The van der Waals surface area contributed by atoms with Crippen molar-refractivity contribution in [2.24, 2.45) is 4.99 Å². The largest absolute Gasteiger partial charge is 0.463 e. The van der Waals surface area contributed by atoms with E-state index in [1.807, 2.05) is 66.7 Å². The lowest BCUT2D eigenvalue weighted by Crippen LogP contribution is -2.40. The maximum absolute atomic E-state index is 14.2. The van der Waals surface area contributed by atoms with Crippen LogP contribution in [0.5, 0.6) is 0 Å². The molecule has 0 aliphatic carbocycles. The molecular formula is C33H35N3O4S. The quantitative estimate of drug-likeness (QED) is 0.250. The molecule has 0 radical (unpaired) electrons. The Hall–Kier alpha value is -4.04. The standard InChI is InChI=1S/C33H35N3O4S/c1-4-6-7-8-14-21-35-25-18-13-12-17-24(25)28(30(35)37)29-31(38)36-26(20-19-23-15-10-9-11-16-23)27(32(39)40-5-2)22(3)34-33(36)41-29/h9-13,15-20,26H,4-8,14,21H2,1-3H3/b20-19+,29-28-/t26-/m0/s1. The third kappa shape index (κ3) is 5.61. The highest BCUT2D eigenvalue weighted by atomic mass is 32.1. The van der Waals surface area contributed by atoms with Gasteiger partial charge < -0.3 is 9.64 Å². The predicted octanol–water partition coefficient (Wildman–Crippen LogP) is 5.15. The maximum atomic E-state index is 14.2. The lowest BCUT2D eigenvalue weighted by Gasteiger charge is -2.21. The monoisotopic (exact) mass is 569 g/mol. The predicted molar refractivity (Wildman–Crippen MR) is 163 cm³/mol. The fourth-order valence-corrected chi connectivity index (χ4v) is 6.57. The van der Waals surface area contributed by atoms with Crippen molar-refractivity contribution in [1.29, 1.82) is 0 Å². The van der Waals surface area contributed by atoms with Gasteiger partial charge in [-0.3, -0.25) is 14.2 Å². The number of thiazole rings is 1. The van der Waals surface area contributed by atoms with Crippen molar-refractivity contribution in [3.8, 4) is 0 Å². The Morgan fingerprint density at radius 3 is 2.49 bits per heavy atom. The summed E-state index contributed by atoms with van der Waals surface area (Å²) in [6.45, 7) is 6.50. The van der Waals surface area contributed by atoms with Crippen molar-refractivity contribution >= 4 is 40.5 Å². The van der Waals surface area contributed by atoms with E-state index in [4.69, 9.17) is 4.74 Å². The number of anilines is 1. The Kier molecular flexibility index (Phi) is 8.78. The van der Waals surface area contributed by atoms with Gasteiger partial charge in [-0.15, -0.1) is 0 Å². The smallest absolute Gasteiger partial charge is 0.338 e. The molecule has 3 aromatic rings. The average molecular weight is 570 g/mol. The van der Waals surface area contributed by atoms with Gasteiger partial charge in [0.15, 0.2) is 4.80 Å². The Balaban J connectivity index is 1.63. The van der Waals surface area contributed by atoms with Crippen molar-refractivity contribution < 1.29 is 14.3 Å². The van der Waals surface area contributed by atoms with Gasteiger partial charge in [-0.1, -0.05) is 105 Å². The summed E-state index contributed by atoms with van der Waals surface area (Å²) in [7, 11) is 0. The summed E-state index contributed by atoms with van der Waals surface area (Å²) in [5.74, 6) is -0.671. The van der Waals surface area contributed by atoms with E-state index in [0.717, 1.165) is 42.5 Å². The molecule has 41 heavy (non-hydrogen) atoms. The van der Waals surface area contributed by atoms with E-state index in [-0.39, 0.29) is 18.1 Å². The molecule has 212 valence electrons. The van der Waals surface area contributed by atoms with Gasteiger partial charge in [0.05, 0.1) is 35.2 Å². The molecule has 0 saturated heterocycles. The van der Waals surface area contributed by atoms with Gasteiger partial charge in [-0.2, -0.15) is 0 Å². The van der Waals surface area contributed by atoms with Crippen LogP contribution in [0.25, 0.3) is 11.6 Å². The first-order valence-corrected chi connectivity index (χ1v) is 15.1. The van der Waals surface area contributed by atoms with Crippen LogP contribution < -0.4 is 19.8 Å². The van der Waals surface area contributed by atoms with Crippen LogP contribution in [-0.4, -0.2) is 29.6 Å². The van der Waals surface area contributed by atoms with Crippen LogP contribution in [0.15, 0.2) is 81.7 Å². The highest BCUT2D eigenvalue weighted by Gasteiger charge is 2.36. The number of hydrogen-bond donors (Lipinski definition) is 0. The number of benzene rings is 2. The first-order valence-electron chi connectivity index (χ1n) is 14.3. The number of allylic oxidation sites excluding steroid dienone is 2. The number of aromatic nitrogens is 1. The molecular weight excluding hydrogens is 534 g/mol. The van der Waals surface area contributed by atoms with Crippen LogP contribution in [0.3, 0.4) is 0 Å². The van der Waals surface area contributed by atoms with E-state index >= 15 is 0 Å². The number of unbranched alkanes of at least 4 members (excludes halogenated alkanes) is 4. The van der Waals surface area contributed by atoms with Gasteiger partial charge in [-0.05, 0) is 31.9 Å². The summed E-state index contributed by atoms with van der Waals surface area (Å²) in [5.41, 5.74) is 3.40. The zero-order chi connectivity index (χ0) is 28.9. The first kappa shape index (κ1) is 28.5. The zero-order valence-corrected chi connectivity index (χ0v) is 24.6. The molecule has 3 heterocycles. The third-order valence-corrected chi connectivity index (χ3v) is 8.49. The van der Waals surface area contributed by atoms with Crippen LogP contribution in [0.2, 0.25) is 0 Å². The number of rotatable bonds is 10. The Morgan fingerprint density at radius 2 is 1.73 bits per heavy atom. The van der Waals surface area contributed by atoms with E-state index in [0.29, 0.717) is 32.7 Å². The number of carbonyl (C=O) groups excluding carboxylic acids is 2. The highest BCUT2D eigenvalue weighted by Crippen LogP contribution is 2.35. The molecule has 0 spiro atoms. The molecule has 1 aromatic heterocycles. The summed E-state index contributed by atoms with van der Waals surface area (Å²) in [6.07, 6.45) is 9.17. The van der Waals surface area contributed by atoms with Gasteiger partial charge >= 0.3 is 5.97 Å². The SMILES string of the molecule is CCCCCCCN1C(=O)/C(=c2\sc3n(c2=O)[C@@H](/C=C/c2ccccc2)C(C(=O)OCC)=C(C)N=3)c2ccccc21. The summed E-state index contributed by atoms with van der Waals surface area (Å²) in [4.78, 5) is 48.0. The second-order valence-electron chi connectivity index (χ2n) is 10.2. The number of hydrogen-bond acceptors (Lipinski definition) is 6. The molecule has 0 saturated carbocycles. The molecule has 2 aromatic carbocycles. The second-order valence-corrected chi connectivity index (χ2v) is 11.2. The topological polar surface area (TPSA) is 81.0 Å². The van der Waals surface area contributed by atoms with Crippen molar-refractivity contribution in [1.82, 2.24) is 4.57 Å². The van der Waals surface area contributed by atoms with E-state index in [9.17, 15) is 14.4 Å². The minimum atomic E-state index is -0.721. The molecule has 8 heteroatoms. The van der Waals surface area contributed by atoms with Gasteiger partial charge in [0, 0.05) is 12.1 Å². The zero-order valence-electron chi connectivity index (χ0n) is 23.8. The summed E-state index contributed by atoms with van der Waals surface area (Å²) in [5, 5.41) is 0. The minimum absolute atomic E-state index is 0.162. The molecule has 2 aliphatic rings. The fraction of sp³-hybridized carbons (Fsp3) is 0.333. The number of ether oxygens (including phenoxy) is 1. The Bertz CT molecular complexity index is 1700. The van der Waals surface area contributed by atoms with Crippen LogP contribution in [-0.2, 0) is 14.3 Å². The lowest BCUT2D eigenvalue weighted by molar-refractivity contribution is -0.139. The van der Waals surface area contributed by atoms with E-state index in [1.54, 1.807) is 18.7 Å². The molecule has 1 atom stereocenters. The molecule has 0 unspecified atom stereocenters. The van der Waals surface area contributed by atoms with Crippen LogP contribution >= 0.6 is 11.3 Å². The Morgan fingerprint density at radius 1 is 1.00 bits per heavy atom. The molecule has 5 rings (SSSR count). The molecule has 1 amide bonds. The van der Waals surface area contributed by atoms with Gasteiger partial charge in [0.1, 0.15) is 4.53 Å². The number of para-hydroxylation sites is 1. The van der Waals surface area contributed by atoms with Crippen molar-refractivity contribution in [2.45, 2.75) is 58.9 Å². The summed E-state index contributed by atoms with van der Waals surface area (Å²) >= 11 is 1.20. The van der Waals surface area contributed by atoms with E-state index in [1.165, 1.54) is 22.3 Å². The molecule has 7 nitrogen and oxygen atoms in total. The van der Waals surface area contributed by atoms with Gasteiger partial charge in [0.2, 0.25) is 0 Å². The number of carbonyl (C=O) groups is 2. The second kappa shape index (κ2) is 12.6. The maximum Gasteiger partial charge on any atom is 0.338 e. The Labute approximate surface area is 243 Å². The number of fused-ring (bicyclic) bond motifs is 2. The molecule has 2 aliphatic heterocycles. The van der Waals surface area contributed by atoms with Crippen molar-refractivity contribution in [3.05, 3.63) is 103 Å². The normalized spacial score (nSPS) is 17.6. The van der Waals surface area contributed by atoms with Crippen molar-refractivity contribution in [3.63, 3.8) is 0 Å². The number of amides is 1. The van der Waals surface area contributed by atoms with Crippen LogP contribution in [0.4, 0.5) is 5.69 Å². The van der Waals surface area contributed by atoms with Gasteiger partial charge in [0.25, 0.3) is 11.5 Å². The van der Waals surface area contributed by atoms with Crippen LogP contribution in [0.1, 0.15) is 70.0 Å². The van der Waals surface area contributed by atoms with E-state index < -0.39 is 12.0 Å². The molecule has 0 fully saturated rings. The fourth-order valence-electron chi connectivity index (χ4n) is 5.43. The molecule has 0 N–H and O–H groups in total. The van der Waals surface area contributed by atoms with Crippen molar-refractivity contribution in [2.75, 3.05) is 18.1 Å². The van der Waals surface area contributed by atoms with Gasteiger partial charge in [-0.25, -0.2) is 9.79 Å². The molecule has 0 bridgehead atoms.